The molecule has 150 valence electrons. The van der Waals surface area contributed by atoms with Crippen molar-refractivity contribution in [1.29, 1.82) is 0 Å². The third-order valence-corrected chi connectivity index (χ3v) is 5.92. The second-order valence-electron chi connectivity index (χ2n) is 7.14. The second kappa shape index (κ2) is 7.46. The van der Waals surface area contributed by atoms with Crippen LogP contribution in [-0.4, -0.2) is 22.1 Å². The first-order chi connectivity index (χ1) is 14.3. The van der Waals surface area contributed by atoms with E-state index in [1.54, 1.807) is 0 Å². The van der Waals surface area contributed by atoms with Crippen LogP contribution in [0.2, 0.25) is 0 Å². The number of halogens is 1. The van der Waals surface area contributed by atoms with Crippen molar-refractivity contribution in [2.45, 2.75) is 13.8 Å². The van der Waals surface area contributed by atoms with Crippen LogP contribution >= 0.6 is 15.9 Å². The summed E-state index contributed by atoms with van der Waals surface area (Å²) in [5.41, 5.74) is 5.14. The summed E-state index contributed by atoms with van der Waals surface area (Å²) in [5, 5.41) is 19.3. The van der Waals surface area contributed by atoms with Crippen molar-refractivity contribution in [3.8, 4) is 5.75 Å². The van der Waals surface area contributed by atoms with Crippen molar-refractivity contribution in [2.75, 3.05) is 4.90 Å². The quantitative estimate of drug-likeness (QED) is 0.489. The van der Waals surface area contributed by atoms with Gasteiger partial charge in [-0.1, -0.05) is 40.2 Å². The molecule has 2 N–H and O–H groups in total. The maximum absolute atomic E-state index is 13.5. The molecule has 0 fully saturated rings. The third-order valence-electron chi connectivity index (χ3n) is 5.22. The number of hydrogen-bond donors (Lipinski definition) is 2. The van der Waals surface area contributed by atoms with Gasteiger partial charge < -0.3 is 10.2 Å². The lowest BCUT2D eigenvalue weighted by molar-refractivity contribution is -0.112. The van der Waals surface area contributed by atoms with Crippen LogP contribution in [0.15, 0.2) is 59.1 Å². The smallest absolute Gasteiger partial charge is 0.339 e. The summed E-state index contributed by atoms with van der Waals surface area (Å²) >= 11 is 3.57. The average molecular weight is 464 g/mol. The molecule has 0 bridgehead atoms. The summed E-state index contributed by atoms with van der Waals surface area (Å²) in [4.78, 5) is 26.2. The van der Waals surface area contributed by atoms with E-state index in [1.165, 1.54) is 23.1 Å². The fraction of sp³-hybridized carbons (Fsp3) is 0.0833. The van der Waals surface area contributed by atoms with Gasteiger partial charge in [0.25, 0.3) is 5.91 Å². The first kappa shape index (κ1) is 19.9. The highest BCUT2D eigenvalue weighted by Gasteiger charge is 2.35. The van der Waals surface area contributed by atoms with Gasteiger partial charge in [-0.15, -0.1) is 0 Å². The van der Waals surface area contributed by atoms with Crippen molar-refractivity contribution in [2.24, 2.45) is 0 Å². The number of carbonyl (C=O) groups is 2. The van der Waals surface area contributed by atoms with E-state index in [1.807, 2.05) is 56.3 Å². The van der Waals surface area contributed by atoms with E-state index in [2.05, 4.69) is 15.9 Å². The van der Waals surface area contributed by atoms with Gasteiger partial charge in [0, 0.05) is 16.1 Å². The summed E-state index contributed by atoms with van der Waals surface area (Å²) in [6.07, 6.45) is 1.87. The molecule has 0 atom stereocenters. The van der Waals surface area contributed by atoms with Gasteiger partial charge in [0.2, 0.25) is 0 Å². The van der Waals surface area contributed by atoms with Crippen LogP contribution in [0.4, 0.5) is 11.4 Å². The Balaban J connectivity index is 1.92. The molecule has 6 heteroatoms. The Morgan fingerprint density at radius 1 is 1.03 bits per heavy atom. The van der Waals surface area contributed by atoms with Gasteiger partial charge in [0.05, 0.1) is 16.9 Å². The van der Waals surface area contributed by atoms with E-state index in [4.69, 9.17) is 0 Å². The zero-order chi connectivity index (χ0) is 21.6. The van der Waals surface area contributed by atoms with Crippen LogP contribution in [-0.2, 0) is 4.79 Å². The van der Waals surface area contributed by atoms with Crippen molar-refractivity contribution in [1.82, 2.24) is 0 Å². The van der Waals surface area contributed by atoms with E-state index < -0.39 is 5.97 Å². The number of phenols is 1. The largest absolute Gasteiger partial charge is 0.507 e. The molecular formula is C24H18BrNO4. The second-order valence-corrected chi connectivity index (χ2v) is 8.00. The van der Waals surface area contributed by atoms with Crippen LogP contribution in [0.1, 0.15) is 32.6 Å². The first-order valence-electron chi connectivity index (χ1n) is 9.27. The van der Waals surface area contributed by atoms with Crippen molar-refractivity contribution < 1.29 is 19.8 Å². The van der Waals surface area contributed by atoms with E-state index >= 15 is 0 Å². The van der Waals surface area contributed by atoms with Crippen LogP contribution in [0.25, 0.3) is 11.6 Å². The standard InChI is InChI=1S/C24H18BrNO4/c1-13-5-3-7-19(25)17(13)12-18-22-14(2)6-4-8-20(22)26(23(18)28)15-9-10-16(24(29)30)21(27)11-15/h3-12,27H,1-2H3,(H,29,30)/b18-12-. The molecule has 0 aliphatic carbocycles. The van der Waals surface area contributed by atoms with E-state index in [-0.39, 0.29) is 17.2 Å². The number of aromatic hydroxyl groups is 1. The highest BCUT2D eigenvalue weighted by atomic mass is 79.9. The number of rotatable bonds is 3. The number of amides is 1. The lowest BCUT2D eigenvalue weighted by Gasteiger charge is -2.18. The molecule has 0 unspecified atom stereocenters. The predicted molar refractivity (Wildman–Crippen MR) is 120 cm³/mol. The number of carbonyl (C=O) groups excluding carboxylic acids is 1. The molecule has 3 aromatic carbocycles. The highest BCUT2D eigenvalue weighted by molar-refractivity contribution is 9.10. The van der Waals surface area contributed by atoms with Gasteiger partial charge in [-0.2, -0.15) is 0 Å². The molecule has 1 amide bonds. The number of nitrogens with zero attached hydrogens (tertiary/aromatic N) is 1. The fourth-order valence-electron chi connectivity index (χ4n) is 3.73. The fourth-order valence-corrected chi connectivity index (χ4v) is 4.31. The van der Waals surface area contributed by atoms with Crippen molar-refractivity contribution in [3.05, 3.63) is 86.9 Å². The molecule has 5 nitrogen and oxygen atoms in total. The van der Waals surface area contributed by atoms with Gasteiger partial charge in [-0.25, -0.2) is 4.79 Å². The SMILES string of the molecule is Cc1cccc(Br)c1/C=C1\C(=O)N(c2ccc(C(=O)O)c(O)c2)c2cccc(C)c21. The van der Waals surface area contributed by atoms with Crippen LogP contribution in [0.3, 0.4) is 0 Å². The zero-order valence-corrected chi connectivity index (χ0v) is 17.9. The Kier molecular flexibility index (Phi) is 4.95. The number of aryl methyl sites for hydroxylation is 2. The lowest BCUT2D eigenvalue weighted by Crippen LogP contribution is -2.20. The Morgan fingerprint density at radius 3 is 2.40 bits per heavy atom. The molecule has 30 heavy (non-hydrogen) atoms. The number of carboxylic acid groups (broad SMARTS) is 1. The highest BCUT2D eigenvalue weighted by Crippen LogP contribution is 2.45. The molecular weight excluding hydrogens is 446 g/mol. The minimum absolute atomic E-state index is 0.213. The van der Waals surface area contributed by atoms with E-state index in [0.29, 0.717) is 16.9 Å². The average Bonchev–Trinajstić information content (AvgIpc) is 2.97. The van der Waals surface area contributed by atoms with Gasteiger partial charge >= 0.3 is 5.97 Å². The number of benzene rings is 3. The van der Waals surface area contributed by atoms with Crippen molar-refractivity contribution >= 4 is 50.8 Å². The number of anilines is 2. The molecule has 0 saturated heterocycles. The molecule has 0 aromatic heterocycles. The maximum Gasteiger partial charge on any atom is 0.339 e. The normalized spacial score (nSPS) is 14.3. The Labute approximate surface area is 182 Å². The molecule has 4 rings (SSSR count). The molecule has 3 aromatic rings. The van der Waals surface area contributed by atoms with Crippen LogP contribution < -0.4 is 4.90 Å². The summed E-state index contributed by atoms with van der Waals surface area (Å²) in [6, 6.07) is 15.6. The number of fused-ring (bicyclic) bond motifs is 1. The van der Waals surface area contributed by atoms with Gasteiger partial charge in [-0.05, 0) is 60.9 Å². The topological polar surface area (TPSA) is 77.8 Å². The monoisotopic (exact) mass is 463 g/mol. The first-order valence-corrected chi connectivity index (χ1v) is 10.1. The molecule has 0 radical (unpaired) electrons. The predicted octanol–water partition coefficient (Wildman–Crippen LogP) is 5.69. The van der Waals surface area contributed by atoms with Gasteiger partial charge in [0.15, 0.2) is 0 Å². The van der Waals surface area contributed by atoms with E-state index in [0.717, 1.165) is 26.7 Å². The molecule has 1 aliphatic heterocycles. The number of hydrogen-bond acceptors (Lipinski definition) is 3. The molecule has 0 saturated carbocycles. The maximum atomic E-state index is 13.5. The van der Waals surface area contributed by atoms with Gasteiger partial charge in [0.1, 0.15) is 11.3 Å². The van der Waals surface area contributed by atoms with E-state index in [9.17, 15) is 19.8 Å². The Bertz CT molecular complexity index is 1230. The van der Waals surface area contributed by atoms with Crippen LogP contribution in [0.5, 0.6) is 5.75 Å². The van der Waals surface area contributed by atoms with Gasteiger partial charge in [-0.3, -0.25) is 9.69 Å². The number of carboxylic acids is 1. The van der Waals surface area contributed by atoms with Crippen LogP contribution in [0, 0.1) is 13.8 Å². The minimum atomic E-state index is -1.23. The Hall–Kier alpha value is -3.38. The molecule has 1 heterocycles. The summed E-state index contributed by atoms with van der Waals surface area (Å²) < 4.78 is 0.889. The minimum Gasteiger partial charge on any atom is -0.507 e. The summed E-state index contributed by atoms with van der Waals surface area (Å²) in [5.74, 6) is -1.86. The summed E-state index contributed by atoms with van der Waals surface area (Å²) in [6.45, 7) is 3.93. The molecule has 0 spiro atoms. The van der Waals surface area contributed by atoms with Crippen molar-refractivity contribution in [3.63, 3.8) is 0 Å². The lowest BCUT2D eigenvalue weighted by atomic mass is 9.98. The zero-order valence-electron chi connectivity index (χ0n) is 16.3. The number of aromatic carboxylic acids is 1. The Morgan fingerprint density at radius 2 is 1.73 bits per heavy atom. The summed E-state index contributed by atoms with van der Waals surface area (Å²) in [7, 11) is 0. The molecule has 1 aliphatic rings. The third kappa shape index (κ3) is 3.19.